The van der Waals surface area contributed by atoms with Crippen molar-refractivity contribution in [2.24, 2.45) is 0 Å². The first-order valence-electron chi connectivity index (χ1n) is 6.53. The van der Waals surface area contributed by atoms with E-state index in [1.165, 1.54) is 0 Å². The summed E-state index contributed by atoms with van der Waals surface area (Å²) >= 11 is 0. The average Bonchev–Trinajstić information content (AvgIpc) is 2.74. The van der Waals surface area contributed by atoms with Crippen LogP contribution in [-0.2, 0) is 16.0 Å². The van der Waals surface area contributed by atoms with Crippen molar-refractivity contribution < 1.29 is 19.4 Å². The molecule has 0 amide bonds. The van der Waals surface area contributed by atoms with Crippen molar-refractivity contribution in [3.63, 3.8) is 0 Å². The molecule has 0 aliphatic heterocycles. The summed E-state index contributed by atoms with van der Waals surface area (Å²) in [5.74, 6) is -1.33. The maximum Gasteiger partial charge on any atom is 0.355 e. The van der Waals surface area contributed by atoms with Gasteiger partial charge in [0.1, 0.15) is 5.69 Å². The number of carboxylic acids is 1. The molecule has 0 bridgehead atoms. The number of nitrogens with one attached hydrogen (secondary N) is 1. The van der Waals surface area contributed by atoms with Gasteiger partial charge in [0.2, 0.25) is 0 Å². The monoisotopic (exact) mass is 275 g/mol. The molecule has 0 aliphatic rings. The van der Waals surface area contributed by atoms with Crippen LogP contribution >= 0.6 is 0 Å². The maximum atomic E-state index is 12.0. The van der Waals surface area contributed by atoms with Crippen LogP contribution in [0.3, 0.4) is 0 Å². The number of aromatic amines is 1. The lowest BCUT2D eigenvalue weighted by Crippen LogP contribution is -2.09. The van der Waals surface area contributed by atoms with E-state index < -0.39 is 11.9 Å². The number of carbonyl (C=O) groups is 2. The van der Waals surface area contributed by atoms with E-state index in [2.05, 4.69) is 4.98 Å². The quantitative estimate of drug-likeness (QED) is 0.822. The largest absolute Gasteiger partial charge is 0.481 e. The Labute approximate surface area is 116 Å². The summed E-state index contributed by atoms with van der Waals surface area (Å²) in [6.45, 7) is 3.98. The van der Waals surface area contributed by atoms with Crippen LogP contribution in [0.2, 0.25) is 0 Å². The average molecular weight is 275 g/mol. The molecule has 2 aromatic rings. The van der Waals surface area contributed by atoms with E-state index in [1.54, 1.807) is 6.92 Å². The Kier molecular flexibility index (Phi) is 4.08. The van der Waals surface area contributed by atoms with Crippen LogP contribution in [0.4, 0.5) is 0 Å². The van der Waals surface area contributed by atoms with E-state index in [9.17, 15) is 9.59 Å². The summed E-state index contributed by atoms with van der Waals surface area (Å²) in [7, 11) is 0. The number of aliphatic carboxylic acids is 1. The van der Waals surface area contributed by atoms with Crippen molar-refractivity contribution in [1.29, 1.82) is 0 Å². The number of hydrogen-bond acceptors (Lipinski definition) is 3. The van der Waals surface area contributed by atoms with Crippen LogP contribution in [0, 0.1) is 6.92 Å². The van der Waals surface area contributed by atoms with Gasteiger partial charge in [-0.2, -0.15) is 0 Å². The van der Waals surface area contributed by atoms with E-state index in [1.807, 2.05) is 25.1 Å². The van der Waals surface area contributed by atoms with Gasteiger partial charge in [-0.3, -0.25) is 4.79 Å². The Morgan fingerprint density at radius 2 is 2.10 bits per heavy atom. The summed E-state index contributed by atoms with van der Waals surface area (Å²) in [4.78, 5) is 25.8. The summed E-state index contributed by atoms with van der Waals surface area (Å²) in [5.41, 5.74) is 2.95. The molecule has 0 unspecified atom stereocenters. The van der Waals surface area contributed by atoms with Crippen molar-refractivity contribution >= 4 is 22.8 Å². The predicted molar refractivity (Wildman–Crippen MR) is 74.9 cm³/mol. The highest BCUT2D eigenvalue weighted by Gasteiger charge is 2.19. The number of esters is 1. The third-order valence-electron chi connectivity index (χ3n) is 3.13. The third-order valence-corrected chi connectivity index (χ3v) is 3.13. The van der Waals surface area contributed by atoms with Crippen molar-refractivity contribution in [3.05, 3.63) is 35.0 Å². The Balaban J connectivity index is 2.51. The fourth-order valence-electron chi connectivity index (χ4n) is 2.23. The molecule has 0 spiro atoms. The first kappa shape index (κ1) is 14.1. The second-order valence-electron chi connectivity index (χ2n) is 4.64. The molecule has 2 rings (SSSR count). The van der Waals surface area contributed by atoms with Crippen LogP contribution in [0.5, 0.6) is 0 Å². The third kappa shape index (κ3) is 2.82. The smallest absolute Gasteiger partial charge is 0.355 e. The molecule has 5 heteroatoms. The van der Waals surface area contributed by atoms with Gasteiger partial charge in [0, 0.05) is 17.3 Å². The molecule has 0 saturated carbocycles. The lowest BCUT2D eigenvalue weighted by atomic mass is 10.0. The molecule has 2 N–H and O–H groups in total. The SMILES string of the molecule is CCOC(=O)c1[nH]c2ccc(C)cc2c1CCC(=O)O. The van der Waals surface area contributed by atoms with Gasteiger partial charge >= 0.3 is 11.9 Å². The van der Waals surface area contributed by atoms with Crippen LogP contribution in [0.1, 0.15) is 35.0 Å². The molecule has 1 heterocycles. The molecular weight excluding hydrogens is 258 g/mol. The number of rotatable bonds is 5. The van der Waals surface area contributed by atoms with Gasteiger partial charge in [0.25, 0.3) is 0 Å². The second-order valence-corrected chi connectivity index (χ2v) is 4.64. The van der Waals surface area contributed by atoms with Gasteiger partial charge in [0.05, 0.1) is 6.61 Å². The fourth-order valence-corrected chi connectivity index (χ4v) is 2.23. The Morgan fingerprint density at radius 3 is 2.75 bits per heavy atom. The number of H-pyrrole nitrogens is 1. The number of benzene rings is 1. The summed E-state index contributed by atoms with van der Waals surface area (Å²) in [6, 6.07) is 5.78. The van der Waals surface area contributed by atoms with Gasteiger partial charge in [-0.1, -0.05) is 11.6 Å². The molecule has 1 aromatic carbocycles. The van der Waals surface area contributed by atoms with Gasteiger partial charge in [0.15, 0.2) is 0 Å². The number of fused-ring (bicyclic) bond motifs is 1. The van der Waals surface area contributed by atoms with Crippen molar-refractivity contribution in [2.45, 2.75) is 26.7 Å². The molecule has 1 aromatic heterocycles. The number of ether oxygens (including phenoxy) is 1. The van der Waals surface area contributed by atoms with Gasteiger partial charge in [-0.25, -0.2) is 4.79 Å². The van der Waals surface area contributed by atoms with Crippen molar-refractivity contribution in [2.75, 3.05) is 6.61 Å². The number of aromatic nitrogens is 1. The molecule has 0 fully saturated rings. The minimum absolute atomic E-state index is 0.0205. The first-order valence-corrected chi connectivity index (χ1v) is 6.53. The summed E-state index contributed by atoms with van der Waals surface area (Å²) in [5, 5.41) is 9.73. The molecule has 5 nitrogen and oxygen atoms in total. The van der Waals surface area contributed by atoms with Crippen LogP contribution in [-0.4, -0.2) is 28.6 Å². The molecule has 0 atom stereocenters. The highest BCUT2D eigenvalue weighted by atomic mass is 16.5. The van der Waals surface area contributed by atoms with Crippen LogP contribution in [0.25, 0.3) is 10.9 Å². The van der Waals surface area contributed by atoms with E-state index in [0.29, 0.717) is 17.7 Å². The fraction of sp³-hybridized carbons (Fsp3) is 0.333. The second kappa shape index (κ2) is 5.77. The van der Waals surface area contributed by atoms with E-state index in [-0.39, 0.29) is 13.0 Å². The van der Waals surface area contributed by atoms with Crippen LogP contribution < -0.4 is 0 Å². The zero-order valence-corrected chi connectivity index (χ0v) is 11.5. The van der Waals surface area contributed by atoms with E-state index in [0.717, 1.165) is 16.5 Å². The van der Waals surface area contributed by atoms with Crippen LogP contribution in [0.15, 0.2) is 18.2 Å². The van der Waals surface area contributed by atoms with Gasteiger partial charge in [-0.15, -0.1) is 0 Å². The molecule has 20 heavy (non-hydrogen) atoms. The lowest BCUT2D eigenvalue weighted by Gasteiger charge is -2.03. The van der Waals surface area contributed by atoms with E-state index in [4.69, 9.17) is 9.84 Å². The number of hydrogen-bond donors (Lipinski definition) is 2. The molecule has 106 valence electrons. The van der Waals surface area contributed by atoms with Crippen molar-refractivity contribution in [1.82, 2.24) is 4.98 Å². The minimum Gasteiger partial charge on any atom is -0.481 e. The first-order chi connectivity index (χ1) is 9.52. The highest BCUT2D eigenvalue weighted by Crippen LogP contribution is 2.25. The highest BCUT2D eigenvalue weighted by molar-refractivity contribution is 5.98. The molecule has 0 saturated heterocycles. The summed E-state index contributed by atoms with van der Waals surface area (Å²) < 4.78 is 5.02. The van der Waals surface area contributed by atoms with Gasteiger partial charge < -0.3 is 14.8 Å². The standard InChI is InChI=1S/C15H17NO4/c1-3-20-15(19)14-10(5-7-13(17)18)11-8-9(2)4-6-12(11)16-14/h4,6,8,16H,3,5,7H2,1-2H3,(H,17,18). The Morgan fingerprint density at radius 1 is 1.35 bits per heavy atom. The number of carboxylic acid groups (broad SMARTS) is 1. The molecule has 0 aliphatic carbocycles. The topological polar surface area (TPSA) is 79.4 Å². The Bertz CT molecular complexity index is 657. The minimum atomic E-state index is -0.887. The lowest BCUT2D eigenvalue weighted by molar-refractivity contribution is -0.136. The summed E-state index contributed by atoms with van der Waals surface area (Å²) in [6.07, 6.45) is 0.278. The molecular formula is C15H17NO4. The van der Waals surface area contributed by atoms with Crippen molar-refractivity contribution in [3.8, 4) is 0 Å². The van der Waals surface area contributed by atoms with E-state index >= 15 is 0 Å². The zero-order valence-electron chi connectivity index (χ0n) is 11.5. The van der Waals surface area contributed by atoms with Gasteiger partial charge in [-0.05, 0) is 38.0 Å². The number of aryl methyl sites for hydroxylation is 2. The zero-order chi connectivity index (χ0) is 14.7. The molecule has 0 radical (unpaired) electrons. The Hall–Kier alpha value is -2.30. The predicted octanol–water partition coefficient (Wildman–Crippen LogP) is 2.67. The maximum absolute atomic E-state index is 12.0. The number of carbonyl (C=O) groups excluding carboxylic acids is 1. The normalized spacial score (nSPS) is 10.7.